The van der Waals surface area contributed by atoms with Gasteiger partial charge >= 0.3 is 6.18 Å². The summed E-state index contributed by atoms with van der Waals surface area (Å²) < 4.78 is 36.8. The van der Waals surface area contributed by atoms with Crippen LogP contribution in [0.25, 0.3) is 6.08 Å². The summed E-state index contributed by atoms with van der Waals surface area (Å²) in [7, 11) is 0. The highest BCUT2D eigenvalue weighted by Gasteiger charge is 2.29. The van der Waals surface area contributed by atoms with Crippen molar-refractivity contribution in [2.75, 3.05) is 0 Å². The van der Waals surface area contributed by atoms with Crippen LogP contribution in [0.3, 0.4) is 0 Å². The van der Waals surface area contributed by atoms with E-state index in [-0.39, 0.29) is 5.78 Å². The monoisotopic (exact) mass is 226 g/mol. The van der Waals surface area contributed by atoms with Gasteiger partial charge in [-0.25, -0.2) is 0 Å². The highest BCUT2D eigenvalue weighted by atomic mass is 19.4. The second-order valence-electron chi connectivity index (χ2n) is 3.71. The molecule has 0 N–H and O–H groups in total. The molecule has 0 aliphatic heterocycles. The van der Waals surface area contributed by atoms with Crippen LogP contribution >= 0.6 is 0 Å². The van der Waals surface area contributed by atoms with Gasteiger partial charge in [0.25, 0.3) is 0 Å². The molecule has 0 atom stereocenters. The Hall–Kier alpha value is -1.58. The minimum atomic E-state index is -4.31. The molecule has 1 saturated carbocycles. The van der Waals surface area contributed by atoms with Crippen molar-refractivity contribution in [2.45, 2.75) is 19.0 Å². The molecule has 0 aromatic heterocycles. The van der Waals surface area contributed by atoms with Crippen LogP contribution in [0.1, 0.15) is 24.0 Å². The Balaban J connectivity index is 2.20. The summed E-state index contributed by atoms with van der Waals surface area (Å²) >= 11 is 0. The van der Waals surface area contributed by atoms with E-state index in [2.05, 4.69) is 0 Å². The normalized spacial score (nSPS) is 18.7. The minimum absolute atomic E-state index is 0.0832. The van der Waals surface area contributed by atoms with Crippen molar-refractivity contribution < 1.29 is 18.0 Å². The van der Waals surface area contributed by atoms with Gasteiger partial charge < -0.3 is 0 Å². The third-order valence-electron chi connectivity index (χ3n) is 2.56. The number of hydrogen-bond acceptors (Lipinski definition) is 1. The second kappa shape index (κ2) is 3.77. The van der Waals surface area contributed by atoms with E-state index in [1.54, 1.807) is 6.08 Å². The molecule has 1 nitrogen and oxygen atoms in total. The quantitative estimate of drug-likeness (QED) is 0.670. The number of halogens is 3. The zero-order chi connectivity index (χ0) is 11.8. The summed E-state index contributed by atoms with van der Waals surface area (Å²) in [4.78, 5) is 11.0. The van der Waals surface area contributed by atoms with Gasteiger partial charge in [-0.2, -0.15) is 13.2 Å². The Labute approximate surface area is 90.6 Å². The van der Waals surface area contributed by atoms with Crippen molar-refractivity contribution in [1.82, 2.24) is 0 Å². The molecule has 0 amide bonds. The fourth-order valence-corrected chi connectivity index (χ4v) is 1.49. The van der Waals surface area contributed by atoms with Crippen molar-refractivity contribution in [2.24, 2.45) is 0 Å². The van der Waals surface area contributed by atoms with Crippen LogP contribution in [0.15, 0.2) is 29.8 Å². The first kappa shape index (κ1) is 10.9. The number of carbonyl (C=O) groups is 1. The standard InChI is InChI=1S/C12H9F3O/c13-12(14,15)10-4-1-8(2-5-10)7-9-3-6-11(9)16/h1-2,4-5,7H,3,6H2/b9-7-. The minimum Gasteiger partial charge on any atom is -0.295 e. The summed E-state index contributed by atoms with van der Waals surface area (Å²) in [6.45, 7) is 0. The van der Waals surface area contributed by atoms with Gasteiger partial charge in [-0.15, -0.1) is 0 Å². The van der Waals surface area contributed by atoms with Gasteiger partial charge in [-0.1, -0.05) is 12.1 Å². The zero-order valence-electron chi connectivity index (χ0n) is 8.34. The lowest BCUT2D eigenvalue weighted by molar-refractivity contribution is -0.137. The third kappa shape index (κ3) is 2.15. The highest BCUT2D eigenvalue weighted by Crippen LogP contribution is 2.30. The van der Waals surface area contributed by atoms with E-state index < -0.39 is 11.7 Å². The molecule has 0 heterocycles. The lowest BCUT2D eigenvalue weighted by Crippen LogP contribution is -2.13. The molecular weight excluding hydrogens is 217 g/mol. The van der Waals surface area contributed by atoms with E-state index >= 15 is 0 Å². The van der Waals surface area contributed by atoms with Crippen molar-refractivity contribution in [3.05, 3.63) is 41.0 Å². The summed E-state index contributed by atoms with van der Waals surface area (Å²) in [6, 6.07) is 4.80. The Morgan fingerprint density at radius 3 is 2.06 bits per heavy atom. The molecule has 1 aliphatic carbocycles. The average molecular weight is 226 g/mol. The van der Waals surface area contributed by atoms with Gasteiger partial charge in [-0.3, -0.25) is 4.79 Å². The first-order valence-electron chi connectivity index (χ1n) is 4.88. The SMILES string of the molecule is O=C1CC/C1=C/c1ccc(C(F)(F)F)cc1. The maximum absolute atomic E-state index is 12.3. The summed E-state index contributed by atoms with van der Waals surface area (Å²) in [5.74, 6) is 0.0832. The third-order valence-corrected chi connectivity index (χ3v) is 2.56. The van der Waals surface area contributed by atoms with Gasteiger partial charge in [-0.05, 0) is 35.8 Å². The highest BCUT2D eigenvalue weighted by molar-refractivity contribution is 6.05. The molecule has 0 spiro atoms. The summed E-state index contributed by atoms with van der Waals surface area (Å²) in [5.41, 5.74) is 0.658. The van der Waals surface area contributed by atoms with Crippen LogP contribution in [0, 0.1) is 0 Å². The van der Waals surface area contributed by atoms with E-state index in [9.17, 15) is 18.0 Å². The fourth-order valence-electron chi connectivity index (χ4n) is 1.49. The van der Waals surface area contributed by atoms with Crippen molar-refractivity contribution in [1.29, 1.82) is 0 Å². The van der Waals surface area contributed by atoms with Crippen LogP contribution in [0.5, 0.6) is 0 Å². The Morgan fingerprint density at radius 1 is 1.06 bits per heavy atom. The number of carbonyl (C=O) groups excluding carboxylic acids is 1. The van der Waals surface area contributed by atoms with Crippen LogP contribution in [0.2, 0.25) is 0 Å². The molecule has 4 heteroatoms. The smallest absolute Gasteiger partial charge is 0.295 e. The molecule has 1 aromatic carbocycles. The molecule has 2 rings (SSSR count). The molecule has 0 radical (unpaired) electrons. The van der Waals surface area contributed by atoms with Crippen molar-refractivity contribution >= 4 is 11.9 Å². The van der Waals surface area contributed by atoms with Crippen molar-refractivity contribution in [3.63, 3.8) is 0 Å². The largest absolute Gasteiger partial charge is 0.416 e. The predicted molar refractivity (Wildman–Crippen MR) is 53.7 cm³/mol. The van der Waals surface area contributed by atoms with Crippen LogP contribution in [-0.4, -0.2) is 5.78 Å². The number of Topliss-reactive ketones (excluding diaryl/α,β-unsaturated/α-hetero) is 1. The van der Waals surface area contributed by atoms with Crippen molar-refractivity contribution in [3.8, 4) is 0 Å². The zero-order valence-corrected chi connectivity index (χ0v) is 8.34. The summed E-state index contributed by atoms with van der Waals surface area (Å²) in [6.07, 6.45) is -1.39. The van der Waals surface area contributed by atoms with E-state index in [4.69, 9.17) is 0 Å². The fraction of sp³-hybridized carbons (Fsp3) is 0.250. The number of ketones is 1. The molecule has 1 fully saturated rings. The van der Waals surface area contributed by atoms with Gasteiger partial charge in [0.15, 0.2) is 5.78 Å². The molecule has 16 heavy (non-hydrogen) atoms. The summed E-state index contributed by atoms with van der Waals surface area (Å²) in [5, 5.41) is 0. The van der Waals surface area contributed by atoms with E-state index in [0.717, 1.165) is 18.6 Å². The maximum atomic E-state index is 12.3. The van der Waals surface area contributed by atoms with E-state index in [0.29, 0.717) is 17.6 Å². The molecule has 0 bridgehead atoms. The number of hydrogen-bond donors (Lipinski definition) is 0. The second-order valence-corrected chi connectivity index (χ2v) is 3.71. The molecule has 1 aromatic rings. The van der Waals surface area contributed by atoms with E-state index in [1.165, 1.54) is 12.1 Å². The average Bonchev–Trinajstić information content (AvgIpc) is 2.23. The van der Waals surface area contributed by atoms with Crippen LogP contribution < -0.4 is 0 Å². The molecule has 0 saturated heterocycles. The molecule has 0 unspecified atom stereocenters. The van der Waals surface area contributed by atoms with Gasteiger partial charge in [0, 0.05) is 6.42 Å². The van der Waals surface area contributed by atoms with Crippen LogP contribution in [0.4, 0.5) is 13.2 Å². The number of benzene rings is 1. The Morgan fingerprint density at radius 2 is 1.69 bits per heavy atom. The molecule has 84 valence electrons. The lowest BCUT2D eigenvalue weighted by atomic mass is 9.89. The lowest BCUT2D eigenvalue weighted by Gasteiger charge is -2.14. The Kier molecular flexibility index (Phi) is 2.58. The molecule has 1 aliphatic rings. The number of rotatable bonds is 1. The van der Waals surface area contributed by atoms with Crippen LogP contribution in [-0.2, 0) is 11.0 Å². The number of allylic oxidation sites excluding steroid dienone is 1. The topological polar surface area (TPSA) is 17.1 Å². The Bertz CT molecular complexity index is 440. The first-order chi connectivity index (χ1) is 7.47. The van der Waals surface area contributed by atoms with Gasteiger partial charge in [0.05, 0.1) is 5.56 Å². The first-order valence-corrected chi connectivity index (χ1v) is 4.88. The van der Waals surface area contributed by atoms with E-state index in [1.807, 2.05) is 0 Å². The molecular formula is C12H9F3O. The predicted octanol–water partition coefficient (Wildman–Crippen LogP) is 3.45. The number of alkyl halides is 3. The van der Waals surface area contributed by atoms with Gasteiger partial charge in [0.2, 0.25) is 0 Å². The van der Waals surface area contributed by atoms with Gasteiger partial charge in [0.1, 0.15) is 0 Å². The maximum Gasteiger partial charge on any atom is 0.416 e.